The second-order valence-electron chi connectivity index (χ2n) is 3.69. The second kappa shape index (κ2) is 4.84. The lowest BCUT2D eigenvalue weighted by molar-refractivity contribution is -0.137. The van der Waals surface area contributed by atoms with Crippen LogP contribution in [-0.4, -0.2) is 11.7 Å². The van der Waals surface area contributed by atoms with Crippen LogP contribution < -0.4 is 5.73 Å². The van der Waals surface area contributed by atoms with Crippen LogP contribution in [0.1, 0.15) is 29.2 Å². The average molecular weight is 233 g/mol. The van der Waals surface area contributed by atoms with Crippen molar-refractivity contribution in [1.82, 2.24) is 0 Å². The van der Waals surface area contributed by atoms with Gasteiger partial charge in [-0.25, -0.2) is 0 Å². The number of nitrogens with two attached hydrogens (primary N) is 1. The first-order chi connectivity index (χ1) is 7.36. The van der Waals surface area contributed by atoms with Crippen LogP contribution in [0.25, 0.3) is 0 Å². The van der Waals surface area contributed by atoms with Crippen molar-refractivity contribution < 1.29 is 18.3 Å². The maximum Gasteiger partial charge on any atom is 0.416 e. The van der Waals surface area contributed by atoms with Gasteiger partial charge in [0.1, 0.15) is 0 Å². The summed E-state index contributed by atoms with van der Waals surface area (Å²) >= 11 is 0. The zero-order valence-corrected chi connectivity index (χ0v) is 8.88. The molecule has 0 aliphatic carbocycles. The number of alkyl halides is 3. The van der Waals surface area contributed by atoms with Crippen LogP contribution in [0.2, 0.25) is 0 Å². The third-order valence-corrected chi connectivity index (χ3v) is 2.44. The van der Waals surface area contributed by atoms with Crippen LogP contribution in [0.15, 0.2) is 18.2 Å². The molecular weight excluding hydrogens is 219 g/mol. The number of aryl methyl sites for hydroxylation is 1. The second-order valence-corrected chi connectivity index (χ2v) is 3.69. The predicted octanol–water partition coefficient (Wildman–Crippen LogP) is 2.40. The molecule has 0 aromatic heterocycles. The molecule has 0 fully saturated rings. The van der Waals surface area contributed by atoms with E-state index in [9.17, 15) is 13.2 Å². The SMILES string of the molecule is Cc1cc(C(F)(F)F)ccc1C(N)CCO. The maximum atomic E-state index is 12.4. The fraction of sp³-hybridized carbons (Fsp3) is 0.455. The smallest absolute Gasteiger partial charge is 0.396 e. The molecule has 5 heteroatoms. The standard InChI is InChI=1S/C11H14F3NO/c1-7-6-8(11(12,13)14)2-3-9(7)10(15)4-5-16/h2-3,6,10,16H,4-5,15H2,1H3. The van der Waals surface area contributed by atoms with Crippen LogP contribution in [-0.2, 0) is 6.18 Å². The zero-order chi connectivity index (χ0) is 12.3. The molecule has 0 saturated heterocycles. The van der Waals surface area contributed by atoms with Gasteiger partial charge in [-0.3, -0.25) is 0 Å². The molecular formula is C11H14F3NO. The summed E-state index contributed by atoms with van der Waals surface area (Å²) < 4.78 is 37.1. The molecule has 90 valence electrons. The Morgan fingerprint density at radius 3 is 2.44 bits per heavy atom. The monoisotopic (exact) mass is 233 g/mol. The van der Waals surface area contributed by atoms with Gasteiger partial charge in [0.15, 0.2) is 0 Å². The van der Waals surface area contributed by atoms with Crippen LogP contribution in [0, 0.1) is 6.92 Å². The Morgan fingerprint density at radius 2 is 2.00 bits per heavy atom. The first-order valence-corrected chi connectivity index (χ1v) is 4.90. The topological polar surface area (TPSA) is 46.2 Å². The number of benzene rings is 1. The minimum absolute atomic E-state index is 0.0817. The van der Waals surface area contributed by atoms with Crippen molar-refractivity contribution in [1.29, 1.82) is 0 Å². The summed E-state index contributed by atoms with van der Waals surface area (Å²) in [5.74, 6) is 0. The summed E-state index contributed by atoms with van der Waals surface area (Å²) in [5, 5.41) is 8.71. The number of rotatable bonds is 3. The Balaban J connectivity index is 3.00. The van der Waals surface area contributed by atoms with Crippen molar-refractivity contribution in [3.8, 4) is 0 Å². The number of hydrogen-bond donors (Lipinski definition) is 2. The third-order valence-electron chi connectivity index (χ3n) is 2.44. The normalized spacial score (nSPS) is 13.9. The molecule has 1 unspecified atom stereocenters. The first-order valence-electron chi connectivity index (χ1n) is 4.90. The van der Waals surface area contributed by atoms with Crippen molar-refractivity contribution in [2.75, 3.05) is 6.61 Å². The molecule has 0 saturated carbocycles. The van der Waals surface area contributed by atoms with Crippen LogP contribution >= 0.6 is 0 Å². The van der Waals surface area contributed by atoms with Gasteiger partial charge < -0.3 is 10.8 Å². The summed E-state index contributed by atoms with van der Waals surface area (Å²) in [7, 11) is 0. The molecule has 0 aliphatic heterocycles. The van der Waals surface area contributed by atoms with E-state index < -0.39 is 17.8 Å². The van der Waals surface area contributed by atoms with Crippen LogP contribution in [0.4, 0.5) is 13.2 Å². The Labute approximate surface area is 91.9 Å². The van der Waals surface area contributed by atoms with E-state index in [-0.39, 0.29) is 6.61 Å². The Kier molecular flexibility index (Phi) is 3.93. The highest BCUT2D eigenvalue weighted by atomic mass is 19.4. The lowest BCUT2D eigenvalue weighted by Gasteiger charge is -2.15. The minimum Gasteiger partial charge on any atom is -0.396 e. The van der Waals surface area contributed by atoms with E-state index in [4.69, 9.17) is 10.8 Å². The van der Waals surface area contributed by atoms with E-state index in [0.29, 0.717) is 17.5 Å². The van der Waals surface area contributed by atoms with Gasteiger partial charge in [0.2, 0.25) is 0 Å². The van der Waals surface area contributed by atoms with E-state index in [1.165, 1.54) is 6.07 Å². The minimum atomic E-state index is -4.33. The van der Waals surface area contributed by atoms with Gasteiger partial charge in [-0.2, -0.15) is 13.2 Å². The molecule has 3 N–H and O–H groups in total. The van der Waals surface area contributed by atoms with Gasteiger partial charge in [0.25, 0.3) is 0 Å². The Morgan fingerprint density at radius 1 is 1.38 bits per heavy atom. The highest BCUT2D eigenvalue weighted by molar-refractivity contribution is 5.34. The molecule has 0 aliphatic rings. The van der Waals surface area contributed by atoms with E-state index in [0.717, 1.165) is 12.1 Å². The van der Waals surface area contributed by atoms with Gasteiger partial charge in [0.05, 0.1) is 5.56 Å². The summed E-state index contributed by atoms with van der Waals surface area (Å²) in [6.07, 6.45) is -3.99. The van der Waals surface area contributed by atoms with E-state index in [1.807, 2.05) is 0 Å². The van der Waals surface area contributed by atoms with Crippen molar-refractivity contribution in [2.45, 2.75) is 25.6 Å². The molecule has 0 spiro atoms. The van der Waals surface area contributed by atoms with E-state index in [2.05, 4.69) is 0 Å². The molecule has 16 heavy (non-hydrogen) atoms. The van der Waals surface area contributed by atoms with E-state index in [1.54, 1.807) is 6.92 Å². The van der Waals surface area contributed by atoms with Gasteiger partial charge in [-0.15, -0.1) is 0 Å². The number of hydrogen-bond acceptors (Lipinski definition) is 2. The van der Waals surface area contributed by atoms with Gasteiger partial charge >= 0.3 is 6.18 Å². The largest absolute Gasteiger partial charge is 0.416 e. The van der Waals surface area contributed by atoms with Crippen molar-refractivity contribution in [3.63, 3.8) is 0 Å². The molecule has 1 aromatic rings. The quantitative estimate of drug-likeness (QED) is 0.842. The summed E-state index contributed by atoms with van der Waals surface area (Å²) in [4.78, 5) is 0. The van der Waals surface area contributed by atoms with Crippen molar-refractivity contribution in [3.05, 3.63) is 34.9 Å². The number of halogens is 3. The zero-order valence-electron chi connectivity index (χ0n) is 8.88. The fourth-order valence-electron chi connectivity index (χ4n) is 1.56. The molecule has 0 radical (unpaired) electrons. The van der Waals surface area contributed by atoms with E-state index >= 15 is 0 Å². The van der Waals surface area contributed by atoms with Gasteiger partial charge in [-0.1, -0.05) is 6.07 Å². The maximum absolute atomic E-state index is 12.4. The fourth-order valence-corrected chi connectivity index (χ4v) is 1.56. The Hall–Kier alpha value is -1.07. The van der Waals surface area contributed by atoms with Gasteiger partial charge in [-0.05, 0) is 36.6 Å². The summed E-state index contributed by atoms with van der Waals surface area (Å²) in [6, 6.07) is 3.04. The number of aliphatic hydroxyl groups excluding tert-OH is 1. The van der Waals surface area contributed by atoms with Crippen LogP contribution in [0.3, 0.4) is 0 Å². The molecule has 1 aromatic carbocycles. The molecule has 0 bridgehead atoms. The van der Waals surface area contributed by atoms with Crippen molar-refractivity contribution in [2.24, 2.45) is 5.73 Å². The molecule has 2 nitrogen and oxygen atoms in total. The molecule has 1 atom stereocenters. The predicted molar refractivity (Wildman–Crippen MR) is 54.8 cm³/mol. The lowest BCUT2D eigenvalue weighted by atomic mass is 9.97. The third kappa shape index (κ3) is 2.96. The molecule has 0 amide bonds. The summed E-state index contributed by atoms with van der Waals surface area (Å²) in [5.41, 5.74) is 6.19. The number of aliphatic hydroxyl groups is 1. The first kappa shape index (κ1) is 13.0. The highest BCUT2D eigenvalue weighted by Crippen LogP contribution is 2.31. The Bertz CT molecular complexity index is 363. The molecule has 1 rings (SSSR count). The lowest BCUT2D eigenvalue weighted by Crippen LogP contribution is -2.14. The highest BCUT2D eigenvalue weighted by Gasteiger charge is 2.30. The van der Waals surface area contributed by atoms with Crippen LogP contribution in [0.5, 0.6) is 0 Å². The average Bonchev–Trinajstić information content (AvgIpc) is 2.16. The van der Waals surface area contributed by atoms with Crippen molar-refractivity contribution >= 4 is 0 Å². The molecule has 0 heterocycles. The summed E-state index contributed by atoms with van der Waals surface area (Å²) in [6.45, 7) is 1.50. The van der Waals surface area contributed by atoms with Gasteiger partial charge in [0, 0.05) is 12.6 Å².